The van der Waals surface area contributed by atoms with Gasteiger partial charge in [-0.15, -0.1) is 0 Å². The molecular formula is C65H93Cl2N7O13S2. The molecule has 0 bridgehead atoms. The van der Waals surface area contributed by atoms with E-state index in [0.717, 1.165) is 112 Å². The highest BCUT2D eigenvalue weighted by Crippen LogP contribution is 2.46. The number of ether oxygens (including phenoxy) is 7. The summed E-state index contributed by atoms with van der Waals surface area (Å²) < 4.78 is 97.4. The predicted molar refractivity (Wildman–Crippen MR) is 345 cm³/mol. The van der Waals surface area contributed by atoms with Crippen LogP contribution in [-0.4, -0.2) is 174 Å². The number of likely N-dealkylation sites (tertiary alicyclic amines) is 2. The van der Waals surface area contributed by atoms with E-state index in [2.05, 4.69) is 32.1 Å². The molecule has 4 aliphatic rings. The number of rotatable bonds is 36. The second-order valence-electron chi connectivity index (χ2n) is 23.9. The van der Waals surface area contributed by atoms with Crippen molar-refractivity contribution in [2.45, 2.75) is 150 Å². The van der Waals surface area contributed by atoms with Gasteiger partial charge in [-0.1, -0.05) is 29.6 Å². The van der Waals surface area contributed by atoms with Crippen LogP contribution in [0.4, 0.5) is 4.79 Å². The molecule has 0 saturated carbocycles. The lowest BCUT2D eigenvalue weighted by atomic mass is 10.0. The number of methoxy groups -OCH3 is 1. The summed E-state index contributed by atoms with van der Waals surface area (Å²) in [5.41, 5.74) is 19.7. The van der Waals surface area contributed by atoms with Crippen molar-refractivity contribution in [3.8, 4) is 17.2 Å². The van der Waals surface area contributed by atoms with Crippen LogP contribution in [0.2, 0.25) is 10.0 Å². The summed E-state index contributed by atoms with van der Waals surface area (Å²) in [6.45, 7) is 12.4. The summed E-state index contributed by atoms with van der Waals surface area (Å²) in [6, 6.07) is 17.7. The number of aryl methyl sites for hydroxylation is 3. The summed E-state index contributed by atoms with van der Waals surface area (Å²) >= 11 is 13.1. The first kappa shape index (κ1) is 70.2. The van der Waals surface area contributed by atoms with Gasteiger partial charge in [-0.3, -0.25) is 14.6 Å². The van der Waals surface area contributed by atoms with Crippen LogP contribution >= 0.6 is 23.2 Å². The number of nitrogens with two attached hydrogens (primary N) is 2. The van der Waals surface area contributed by atoms with Gasteiger partial charge in [0.15, 0.2) is 9.84 Å². The Hall–Kier alpha value is -4.66. The summed E-state index contributed by atoms with van der Waals surface area (Å²) in [4.78, 5) is 29.8. The summed E-state index contributed by atoms with van der Waals surface area (Å²) in [7, 11) is -5.75. The van der Waals surface area contributed by atoms with Crippen LogP contribution in [0.15, 0.2) is 70.5 Å². The largest absolute Gasteiger partial charge is 0.496 e. The van der Waals surface area contributed by atoms with E-state index in [1.165, 1.54) is 5.56 Å². The minimum atomic E-state index is -3.80. The number of halogens is 2. The molecule has 7 N–H and O–H groups in total. The van der Waals surface area contributed by atoms with Crippen molar-refractivity contribution in [2.75, 3.05) is 112 Å². The van der Waals surface area contributed by atoms with Crippen molar-refractivity contribution in [3.63, 3.8) is 0 Å². The van der Waals surface area contributed by atoms with Crippen LogP contribution in [0, 0.1) is 20.8 Å². The van der Waals surface area contributed by atoms with Crippen LogP contribution < -0.4 is 41.0 Å². The number of benzene rings is 4. The van der Waals surface area contributed by atoms with Crippen LogP contribution in [-0.2, 0) is 56.4 Å². The second kappa shape index (κ2) is 34.3. The zero-order valence-electron chi connectivity index (χ0n) is 52.2. The maximum atomic E-state index is 13.3. The van der Waals surface area contributed by atoms with Gasteiger partial charge in [0.2, 0.25) is 10.0 Å². The number of amides is 2. The topological polar surface area (TPSA) is 262 Å². The van der Waals surface area contributed by atoms with E-state index < -0.39 is 19.9 Å². The molecule has 24 heteroatoms. The molecule has 4 aromatic rings. The van der Waals surface area contributed by atoms with Crippen molar-refractivity contribution in [3.05, 3.63) is 110 Å². The molecule has 6 atom stereocenters. The highest BCUT2D eigenvalue weighted by Gasteiger charge is 2.43. The van der Waals surface area contributed by atoms with Crippen molar-refractivity contribution < 1.29 is 59.6 Å². The van der Waals surface area contributed by atoms with E-state index in [0.29, 0.717) is 97.9 Å². The van der Waals surface area contributed by atoms with Crippen molar-refractivity contribution in [1.29, 1.82) is 0 Å². The molecule has 2 aliphatic carbocycles. The lowest BCUT2D eigenvalue weighted by molar-refractivity contribution is -0.119. The number of sulfonamides is 1. The standard InChI is InChI=1S/C65H93Cl2N7O13S2/c1-44-34-47(66)37-56-54(44)40-58(73-23-8-12-49(68)42-73)63(56)86-61-19-17-53(36-46(61)3)89(79,80)72-22-28-85-32-29-82-25-10-15-51(75)14-6-5-7-20-70-65(76)71-21-27-84-31-30-83-26-11-33-88(77,78)52-16-18-60(45(2)35-52)87-64-57-38-48(67)39-62(81-4)55(57)41-59(64)74-24-9-13-50(69)43-74/h16-19,34-39,49-50,58-59,63-64,72H,5-15,20-33,40-43,68-69H2,1-4H3,(H2,70,71,76)/t49-,50-,58+,59+,63+,64+/m1/s1. The SMILES string of the molecule is COc1cc(Cl)cc2c1C[C@H](N1CCC[C@@H](N)C1)[C@H]2Oc1ccc(S(=O)(=O)CCCOCCOCCNC(=O)NCCCCCC(=O)CCCOCCOCCNS(=O)(=O)c2ccc(O[C@H]3c4cc(Cl)cc(C)c4C[C@@H]3N3CCC[C@@H](N)C3)c(C)c2)cc1C. The average Bonchev–Trinajstić information content (AvgIpc) is 1.90. The number of urea groups is 1. The molecule has 492 valence electrons. The summed E-state index contributed by atoms with van der Waals surface area (Å²) in [6.07, 6.45) is 9.05. The van der Waals surface area contributed by atoms with Gasteiger partial charge >= 0.3 is 6.03 Å². The lowest BCUT2D eigenvalue weighted by Gasteiger charge is -2.38. The normalized spacial score (nSPS) is 20.5. The summed E-state index contributed by atoms with van der Waals surface area (Å²) in [5, 5.41) is 6.80. The quantitative estimate of drug-likeness (QED) is 0.0268. The van der Waals surface area contributed by atoms with Gasteiger partial charge in [-0.2, -0.15) is 0 Å². The van der Waals surface area contributed by atoms with E-state index >= 15 is 0 Å². The van der Waals surface area contributed by atoms with Crippen molar-refractivity contribution in [1.82, 2.24) is 25.2 Å². The zero-order valence-corrected chi connectivity index (χ0v) is 55.3. The van der Waals surface area contributed by atoms with Crippen LogP contribution in [0.5, 0.6) is 17.2 Å². The number of hydrogen-bond acceptors (Lipinski definition) is 17. The van der Waals surface area contributed by atoms with E-state index in [9.17, 15) is 26.4 Å². The molecular weight excluding hydrogens is 1220 g/mol. The Morgan fingerprint density at radius 1 is 0.573 bits per heavy atom. The Morgan fingerprint density at radius 2 is 1.10 bits per heavy atom. The lowest BCUT2D eigenvalue weighted by Crippen LogP contribution is -2.49. The fraction of sp³-hybridized carbons (Fsp3) is 0.600. The number of nitrogens with zero attached hydrogens (tertiary/aromatic N) is 2. The number of carbonyl (C=O) groups is 2. The molecule has 2 heterocycles. The molecule has 2 amide bonds. The number of fused-ring (bicyclic) bond motifs is 2. The number of carbonyl (C=O) groups excluding carboxylic acids is 2. The van der Waals surface area contributed by atoms with Gasteiger partial charge in [-0.25, -0.2) is 26.4 Å². The number of piperidine rings is 2. The van der Waals surface area contributed by atoms with Gasteiger partial charge in [0.05, 0.1) is 74.4 Å². The van der Waals surface area contributed by atoms with Crippen LogP contribution in [0.1, 0.15) is 122 Å². The van der Waals surface area contributed by atoms with Crippen LogP contribution in [0.3, 0.4) is 0 Å². The van der Waals surface area contributed by atoms with Gasteiger partial charge in [0.1, 0.15) is 35.2 Å². The predicted octanol–water partition coefficient (Wildman–Crippen LogP) is 8.28. The number of ketones is 1. The first-order valence-electron chi connectivity index (χ1n) is 31.6. The number of Topliss-reactive ketones (excluding diaryl/α,β-unsaturated/α-hetero) is 1. The second-order valence-corrected chi connectivity index (χ2v) is 28.6. The van der Waals surface area contributed by atoms with Crippen molar-refractivity contribution in [2.24, 2.45) is 11.5 Å². The first-order chi connectivity index (χ1) is 42.8. The number of hydrogen-bond donors (Lipinski definition) is 5. The molecule has 0 unspecified atom stereocenters. The third-order valence-corrected chi connectivity index (χ3v) is 20.8. The highest BCUT2D eigenvalue weighted by molar-refractivity contribution is 7.91. The van der Waals surface area contributed by atoms with Crippen molar-refractivity contribution >= 4 is 54.9 Å². The third-order valence-electron chi connectivity index (χ3n) is 17.1. The van der Waals surface area contributed by atoms with Gasteiger partial charge < -0.3 is 55.3 Å². The smallest absolute Gasteiger partial charge is 0.314 e. The van der Waals surface area contributed by atoms with E-state index in [1.54, 1.807) is 43.5 Å². The monoisotopic (exact) mass is 1310 g/mol. The minimum absolute atomic E-state index is 0.0213. The molecule has 89 heavy (non-hydrogen) atoms. The molecule has 2 aliphatic heterocycles. The maximum absolute atomic E-state index is 13.3. The Balaban J connectivity index is 0.594. The number of sulfone groups is 1. The molecule has 0 aromatic heterocycles. The van der Waals surface area contributed by atoms with E-state index in [-0.39, 0.29) is 96.7 Å². The Labute approximate surface area is 537 Å². The minimum Gasteiger partial charge on any atom is -0.496 e. The Morgan fingerprint density at radius 3 is 1.71 bits per heavy atom. The molecule has 2 fully saturated rings. The molecule has 0 radical (unpaired) electrons. The first-order valence-corrected chi connectivity index (χ1v) is 35.4. The summed E-state index contributed by atoms with van der Waals surface area (Å²) in [5.74, 6) is 2.04. The van der Waals surface area contributed by atoms with E-state index in [4.69, 9.17) is 67.8 Å². The molecule has 0 spiro atoms. The third kappa shape index (κ3) is 20.4. The average molecular weight is 1320 g/mol. The molecule has 4 aromatic carbocycles. The molecule has 2 saturated heterocycles. The number of nitrogens with one attached hydrogen (secondary N) is 3. The zero-order chi connectivity index (χ0) is 63.5. The fourth-order valence-corrected chi connectivity index (χ4v) is 15.4. The van der Waals surface area contributed by atoms with Gasteiger partial charge in [0, 0.05) is 92.0 Å². The molecule has 8 rings (SSSR count). The maximum Gasteiger partial charge on any atom is 0.314 e. The highest BCUT2D eigenvalue weighted by atomic mass is 35.5. The Bertz CT molecular complexity index is 3220. The number of unbranched alkanes of at least 4 members (excludes halogenated alkanes) is 2. The van der Waals surface area contributed by atoms with Crippen LogP contribution in [0.25, 0.3) is 0 Å². The van der Waals surface area contributed by atoms with E-state index in [1.807, 2.05) is 38.1 Å². The fourth-order valence-electron chi connectivity index (χ4n) is 12.5. The van der Waals surface area contributed by atoms with Gasteiger partial charge in [-0.05, 0) is 187 Å². The Kier molecular flexibility index (Phi) is 27.1. The molecule has 20 nitrogen and oxygen atoms in total. The van der Waals surface area contributed by atoms with Gasteiger partial charge in [0.25, 0.3) is 0 Å².